The van der Waals surface area contributed by atoms with E-state index in [4.69, 9.17) is 5.26 Å². The molecule has 0 saturated heterocycles. The van der Waals surface area contributed by atoms with Crippen LogP contribution in [0.2, 0.25) is 0 Å². The van der Waals surface area contributed by atoms with Crippen LogP contribution in [0.1, 0.15) is 33.1 Å². The van der Waals surface area contributed by atoms with Gasteiger partial charge in [0, 0.05) is 6.54 Å². The van der Waals surface area contributed by atoms with Crippen molar-refractivity contribution in [1.29, 1.82) is 5.26 Å². The van der Waals surface area contributed by atoms with Crippen molar-refractivity contribution >= 4 is 5.91 Å². The minimum Gasteiger partial charge on any atom is -0.355 e. The number of carbonyl (C=O) groups is 1. The number of rotatable bonds is 7. The number of amides is 1. The highest BCUT2D eigenvalue weighted by atomic mass is 16.2. The fraction of sp³-hybridized carbons (Fsp3) is 0.818. The fourth-order valence-electron chi connectivity index (χ4n) is 1.18. The lowest BCUT2D eigenvalue weighted by Gasteiger charge is -2.20. The van der Waals surface area contributed by atoms with Crippen LogP contribution >= 0.6 is 0 Å². The Balaban J connectivity index is 3.74. The number of hydrogen-bond acceptors (Lipinski definition) is 3. The highest BCUT2D eigenvalue weighted by Crippen LogP contribution is 1.96. The Hall–Kier alpha value is -1.08. The van der Waals surface area contributed by atoms with E-state index in [1.54, 1.807) is 11.9 Å². The van der Waals surface area contributed by atoms with Gasteiger partial charge in [-0.15, -0.1) is 0 Å². The standard InChI is InChI=1S/C11H21N3O/c1-4-5-6-8-13-11(15)10(2)14(3)9-7-12/h10H,4-6,8-9H2,1-3H3,(H,13,15). The average molecular weight is 211 g/mol. The van der Waals surface area contributed by atoms with Gasteiger partial charge in [-0.1, -0.05) is 19.8 Å². The number of unbranched alkanes of at least 4 members (excludes halogenated alkanes) is 2. The molecular formula is C11H21N3O. The smallest absolute Gasteiger partial charge is 0.237 e. The molecule has 0 fully saturated rings. The number of nitrogens with zero attached hydrogens (tertiary/aromatic N) is 2. The van der Waals surface area contributed by atoms with Gasteiger partial charge < -0.3 is 5.32 Å². The lowest BCUT2D eigenvalue weighted by molar-refractivity contribution is -0.125. The van der Waals surface area contributed by atoms with Gasteiger partial charge in [-0.2, -0.15) is 5.26 Å². The zero-order valence-electron chi connectivity index (χ0n) is 9.92. The first-order valence-electron chi connectivity index (χ1n) is 5.48. The maximum atomic E-state index is 11.6. The summed E-state index contributed by atoms with van der Waals surface area (Å²) in [6.07, 6.45) is 3.32. The van der Waals surface area contributed by atoms with Gasteiger partial charge in [0.05, 0.1) is 18.7 Å². The van der Waals surface area contributed by atoms with Gasteiger partial charge in [-0.05, 0) is 20.4 Å². The molecule has 0 aliphatic rings. The van der Waals surface area contributed by atoms with Gasteiger partial charge in [-0.25, -0.2) is 0 Å². The molecular weight excluding hydrogens is 190 g/mol. The van der Waals surface area contributed by atoms with Crippen LogP contribution in [-0.4, -0.2) is 37.0 Å². The molecule has 0 saturated carbocycles. The molecule has 0 aromatic carbocycles. The highest BCUT2D eigenvalue weighted by molar-refractivity contribution is 5.81. The summed E-state index contributed by atoms with van der Waals surface area (Å²) < 4.78 is 0. The van der Waals surface area contributed by atoms with Crippen LogP contribution < -0.4 is 5.32 Å². The molecule has 0 aromatic rings. The van der Waals surface area contributed by atoms with E-state index >= 15 is 0 Å². The summed E-state index contributed by atoms with van der Waals surface area (Å²) >= 11 is 0. The van der Waals surface area contributed by atoms with E-state index in [-0.39, 0.29) is 18.5 Å². The number of carbonyl (C=O) groups excluding carboxylic acids is 1. The topological polar surface area (TPSA) is 56.1 Å². The van der Waals surface area contributed by atoms with E-state index in [9.17, 15) is 4.79 Å². The second-order valence-electron chi connectivity index (χ2n) is 3.75. The first kappa shape index (κ1) is 13.9. The molecule has 1 N–H and O–H groups in total. The summed E-state index contributed by atoms with van der Waals surface area (Å²) in [5.41, 5.74) is 0. The van der Waals surface area contributed by atoms with Gasteiger partial charge in [0.2, 0.25) is 5.91 Å². The van der Waals surface area contributed by atoms with Gasteiger partial charge in [-0.3, -0.25) is 9.69 Å². The molecule has 0 bridgehead atoms. The SMILES string of the molecule is CCCCCNC(=O)C(C)N(C)CC#N. The van der Waals surface area contributed by atoms with Crippen LogP contribution in [0.3, 0.4) is 0 Å². The van der Waals surface area contributed by atoms with Crippen LogP contribution in [0.15, 0.2) is 0 Å². The van der Waals surface area contributed by atoms with E-state index < -0.39 is 0 Å². The van der Waals surface area contributed by atoms with Crippen molar-refractivity contribution in [3.63, 3.8) is 0 Å². The number of hydrogen-bond donors (Lipinski definition) is 1. The van der Waals surface area contributed by atoms with Gasteiger partial charge >= 0.3 is 0 Å². The van der Waals surface area contributed by atoms with Gasteiger partial charge in [0.15, 0.2) is 0 Å². The van der Waals surface area contributed by atoms with Crippen LogP contribution in [0.25, 0.3) is 0 Å². The highest BCUT2D eigenvalue weighted by Gasteiger charge is 2.16. The predicted octanol–water partition coefficient (Wildman–Crippen LogP) is 1.14. The Morgan fingerprint density at radius 2 is 2.20 bits per heavy atom. The van der Waals surface area contributed by atoms with E-state index in [2.05, 4.69) is 12.2 Å². The largest absolute Gasteiger partial charge is 0.355 e. The molecule has 0 spiro atoms. The average Bonchev–Trinajstić information content (AvgIpc) is 2.23. The second kappa shape index (κ2) is 8.25. The second-order valence-corrected chi connectivity index (χ2v) is 3.75. The molecule has 0 rings (SSSR count). The van der Waals surface area contributed by atoms with Crippen LogP contribution in [0, 0.1) is 11.3 Å². The zero-order valence-corrected chi connectivity index (χ0v) is 9.92. The number of nitrogens with one attached hydrogen (secondary N) is 1. The van der Waals surface area contributed by atoms with E-state index in [0.717, 1.165) is 25.8 Å². The van der Waals surface area contributed by atoms with E-state index in [1.807, 2.05) is 13.0 Å². The predicted molar refractivity (Wildman–Crippen MR) is 60.2 cm³/mol. The quantitative estimate of drug-likeness (QED) is 0.507. The summed E-state index contributed by atoms with van der Waals surface area (Å²) in [6, 6.07) is 1.80. The molecule has 4 nitrogen and oxygen atoms in total. The summed E-state index contributed by atoms with van der Waals surface area (Å²) in [6.45, 7) is 4.96. The molecule has 1 atom stereocenters. The zero-order chi connectivity index (χ0) is 11.7. The van der Waals surface area contributed by atoms with Crippen LogP contribution in [0.5, 0.6) is 0 Å². The third-order valence-corrected chi connectivity index (χ3v) is 2.44. The molecule has 0 aromatic heterocycles. The molecule has 0 aliphatic carbocycles. The summed E-state index contributed by atoms with van der Waals surface area (Å²) in [7, 11) is 1.78. The van der Waals surface area contributed by atoms with Crippen molar-refractivity contribution in [3.8, 4) is 6.07 Å². The summed E-state index contributed by atoms with van der Waals surface area (Å²) in [5.74, 6) is 0.00357. The molecule has 1 amide bonds. The van der Waals surface area contributed by atoms with Crippen molar-refractivity contribution in [1.82, 2.24) is 10.2 Å². The maximum absolute atomic E-state index is 11.6. The Kier molecular flexibility index (Phi) is 7.65. The Morgan fingerprint density at radius 3 is 2.73 bits per heavy atom. The lowest BCUT2D eigenvalue weighted by atomic mass is 10.2. The van der Waals surface area contributed by atoms with Crippen molar-refractivity contribution < 1.29 is 4.79 Å². The monoisotopic (exact) mass is 211 g/mol. The van der Waals surface area contributed by atoms with E-state index in [1.165, 1.54) is 0 Å². The first-order valence-corrected chi connectivity index (χ1v) is 5.48. The van der Waals surface area contributed by atoms with Crippen molar-refractivity contribution in [2.24, 2.45) is 0 Å². The normalized spacial score (nSPS) is 12.2. The molecule has 86 valence electrons. The van der Waals surface area contributed by atoms with Crippen molar-refractivity contribution in [3.05, 3.63) is 0 Å². The molecule has 0 radical (unpaired) electrons. The first-order chi connectivity index (χ1) is 7.13. The third-order valence-electron chi connectivity index (χ3n) is 2.44. The Morgan fingerprint density at radius 1 is 1.53 bits per heavy atom. The van der Waals surface area contributed by atoms with Crippen molar-refractivity contribution in [2.45, 2.75) is 39.2 Å². The van der Waals surface area contributed by atoms with Gasteiger partial charge in [0.25, 0.3) is 0 Å². The molecule has 0 heterocycles. The minimum atomic E-state index is -0.230. The van der Waals surface area contributed by atoms with Crippen LogP contribution in [0.4, 0.5) is 0 Å². The molecule has 4 heteroatoms. The molecule has 15 heavy (non-hydrogen) atoms. The Labute approximate surface area is 92.3 Å². The summed E-state index contributed by atoms with van der Waals surface area (Å²) in [5, 5.41) is 11.4. The molecule has 0 aliphatic heterocycles. The number of nitriles is 1. The van der Waals surface area contributed by atoms with Crippen LogP contribution in [-0.2, 0) is 4.79 Å². The summed E-state index contributed by atoms with van der Waals surface area (Å²) in [4.78, 5) is 13.3. The minimum absolute atomic E-state index is 0.00357. The third kappa shape index (κ3) is 6.08. The number of likely N-dealkylation sites (N-methyl/N-ethyl adjacent to an activating group) is 1. The van der Waals surface area contributed by atoms with Crippen molar-refractivity contribution in [2.75, 3.05) is 20.1 Å². The lowest BCUT2D eigenvalue weighted by Crippen LogP contribution is -2.43. The van der Waals surface area contributed by atoms with E-state index in [0.29, 0.717) is 0 Å². The molecule has 1 unspecified atom stereocenters. The fourth-order valence-corrected chi connectivity index (χ4v) is 1.18. The maximum Gasteiger partial charge on any atom is 0.237 e. The van der Waals surface area contributed by atoms with Gasteiger partial charge in [0.1, 0.15) is 0 Å². The Bertz CT molecular complexity index is 222.